The molecule has 37 heavy (non-hydrogen) atoms. The molecule has 1 fully saturated rings. The van der Waals surface area contributed by atoms with E-state index in [-0.39, 0.29) is 11.5 Å². The number of aromatic amines is 2. The van der Waals surface area contributed by atoms with Crippen molar-refractivity contribution < 1.29 is 14.6 Å². The molecule has 1 saturated heterocycles. The van der Waals surface area contributed by atoms with Gasteiger partial charge in [0.25, 0.3) is 5.56 Å². The second-order valence-corrected chi connectivity index (χ2v) is 10.4. The SMILES string of the molecule is CC(C)(C)OC(=O)NCCN1CCN(C(O)c2ccc(CCc3c[nH]c4nc(N)[nH]c(=O)c34)cc2)CC1. The highest BCUT2D eigenvalue weighted by atomic mass is 16.6. The van der Waals surface area contributed by atoms with E-state index in [4.69, 9.17) is 10.5 Å². The summed E-state index contributed by atoms with van der Waals surface area (Å²) in [6.45, 7) is 9.90. The van der Waals surface area contributed by atoms with Crippen LogP contribution in [0.3, 0.4) is 0 Å². The fraction of sp³-hybridized carbons (Fsp3) is 0.500. The van der Waals surface area contributed by atoms with Gasteiger partial charge < -0.3 is 25.9 Å². The quantitative estimate of drug-likeness (QED) is 0.307. The van der Waals surface area contributed by atoms with Gasteiger partial charge in [-0.1, -0.05) is 24.3 Å². The molecule has 200 valence electrons. The number of amides is 1. The number of piperazine rings is 1. The van der Waals surface area contributed by atoms with Crippen LogP contribution in [0.4, 0.5) is 10.7 Å². The maximum Gasteiger partial charge on any atom is 0.407 e. The van der Waals surface area contributed by atoms with Crippen LogP contribution >= 0.6 is 0 Å². The number of nitrogens with one attached hydrogen (secondary N) is 3. The second kappa shape index (κ2) is 11.3. The van der Waals surface area contributed by atoms with Crippen molar-refractivity contribution in [1.82, 2.24) is 30.1 Å². The third-order valence-electron chi connectivity index (χ3n) is 6.45. The molecule has 11 heteroatoms. The van der Waals surface area contributed by atoms with Crippen LogP contribution in [0.15, 0.2) is 35.3 Å². The number of nitrogens with two attached hydrogens (primary N) is 1. The number of rotatable bonds is 8. The van der Waals surface area contributed by atoms with Crippen LogP contribution in [-0.4, -0.2) is 80.8 Å². The number of carbonyl (C=O) groups excluding carboxylic acids is 1. The number of carbonyl (C=O) groups is 1. The van der Waals surface area contributed by atoms with E-state index < -0.39 is 17.9 Å². The van der Waals surface area contributed by atoms with Crippen LogP contribution < -0.4 is 16.6 Å². The number of hydrogen-bond donors (Lipinski definition) is 5. The molecule has 0 aliphatic carbocycles. The Morgan fingerprint density at radius 3 is 2.57 bits per heavy atom. The molecule has 3 aromatic rings. The summed E-state index contributed by atoms with van der Waals surface area (Å²) in [6, 6.07) is 7.96. The zero-order chi connectivity index (χ0) is 26.6. The third-order valence-corrected chi connectivity index (χ3v) is 6.45. The monoisotopic (exact) mass is 511 g/mol. The van der Waals surface area contributed by atoms with Crippen LogP contribution in [0.25, 0.3) is 11.0 Å². The van der Waals surface area contributed by atoms with Crippen molar-refractivity contribution >= 4 is 23.1 Å². The number of alkyl carbamates (subject to hydrolysis) is 1. The number of fused-ring (bicyclic) bond motifs is 1. The minimum Gasteiger partial charge on any atom is -0.444 e. The molecule has 3 heterocycles. The van der Waals surface area contributed by atoms with Crippen molar-refractivity contribution in [2.24, 2.45) is 0 Å². The van der Waals surface area contributed by atoms with Crippen LogP contribution in [0.2, 0.25) is 0 Å². The van der Waals surface area contributed by atoms with Gasteiger partial charge in [-0.25, -0.2) is 4.79 Å². The number of H-pyrrole nitrogens is 2. The molecule has 6 N–H and O–H groups in total. The Morgan fingerprint density at radius 2 is 1.89 bits per heavy atom. The molecule has 0 bridgehead atoms. The number of benzene rings is 1. The number of aliphatic hydroxyl groups excluding tert-OH is 1. The normalized spacial score (nSPS) is 16.1. The summed E-state index contributed by atoms with van der Waals surface area (Å²) >= 11 is 0. The van der Waals surface area contributed by atoms with Gasteiger partial charge >= 0.3 is 6.09 Å². The summed E-state index contributed by atoms with van der Waals surface area (Å²) in [5.41, 5.74) is 8.23. The van der Waals surface area contributed by atoms with Gasteiger partial charge in [0.1, 0.15) is 17.5 Å². The average molecular weight is 512 g/mol. The molecule has 0 spiro atoms. The first-order chi connectivity index (χ1) is 17.6. The third kappa shape index (κ3) is 7.09. The summed E-state index contributed by atoms with van der Waals surface area (Å²) in [5.74, 6) is 0.0941. The molecule has 11 nitrogen and oxygen atoms in total. The number of aromatic nitrogens is 3. The Kier molecular flexibility index (Phi) is 8.16. The Balaban J connectivity index is 1.23. The lowest BCUT2D eigenvalue weighted by atomic mass is 10.0. The number of anilines is 1. The lowest BCUT2D eigenvalue weighted by Gasteiger charge is -2.37. The number of nitrogen functional groups attached to an aromatic ring is 1. The van der Waals surface area contributed by atoms with Gasteiger partial charge in [-0.15, -0.1) is 0 Å². The summed E-state index contributed by atoms with van der Waals surface area (Å²) in [4.78, 5) is 38.1. The first-order valence-electron chi connectivity index (χ1n) is 12.6. The molecule has 1 unspecified atom stereocenters. The minimum atomic E-state index is -0.667. The van der Waals surface area contributed by atoms with Crippen molar-refractivity contribution in [2.45, 2.75) is 45.4 Å². The Bertz CT molecular complexity index is 1250. The van der Waals surface area contributed by atoms with E-state index in [0.717, 1.165) is 55.8 Å². The van der Waals surface area contributed by atoms with Gasteiger partial charge in [0, 0.05) is 45.5 Å². The van der Waals surface area contributed by atoms with Crippen LogP contribution in [0.1, 0.15) is 43.7 Å². The highest BCUT2D eigenvalue weighted by Crippen LogP contribution is 2.21. The number of aliphatic hydroxyl groups is 1. The van der Waals surface area contributed by atoms with E-state index in [1.807, 2.05) is 45.0 Å². The first-order valence-corrected chi connectivity index (χ1v) is 12.6. The highest BCUT2D eigenvalue weighted by Gasteiger charge is 2.23. The van der Waals surface area contributed by atoms with Crippen LogP contribution in [0.5, 0.6) is 0 Å². The molecule has 1 atom stereocenters. The molecule has 2 aromatic heterocycles. The summed E-state index contributed by atoms with van der Waals surface area (Å²) in [7, 11) is 0. The summed E-state index contributed by atoms with van der Waals surface area (Å²) in [6.07, 6.45) is 2.17. The van der Waals surface area contributed by atoms with E-state index in [1.54, 1.807) is 6.20 Å². The van der Waals surface area contributed by atoms with Gasteiger partial charge in [0.2, 0.25) is 5.95 Å². The van der Waals surface area contributed by atoms with Crippen molar-refractivity contribution in [1.29, 1.82) is 0 Å². The van der Waals surface area contributed by atoms with Gasteiger partial charge in [-0.2, -0.15) is 4.98 Å². The number of ether oxygens (including phenoxy) is 1. The molecule has 1 aromatic carbocycles. The smallest absolute Gasteiger partial charge is 0.407 e. The zero-order valence-electron chi connectivity index (χ0n) is 21.7. The van der Waals surface area contributed by atoms with Crippen LogP contribution in [-0.2, 0) is 17.6 Å². The minimum absolute atomic E-state index is 0.0941. The Labute approximate surface area is 216 Å². The molecule has 1 aliphatic rings. The molecule has 0 saturated carbocycles. The van der Waals surface area contributed by atoms with E-state index in [0.29, 0.717) is 24.0 Å². The van der Waals surface area contributed by atoms with Crippen molar-refractivity contribution in [3.8, 4) is 0 Å². The maximum absolute atomic E-state index is 12.3. The zero-order valence-corrected chi connectivity index (χ0v) is 21.7. The average Bonchev–Trinajstić information content (AvgIpc) is 3.25. The van der Waals surface area contributed by atoms with Crippen molar-refractivity contribution in [3.05, 3.63) is 57.5 Å². The summed E-state index contributed by atoms with van der Waals surface area (Å²) < 4.78 is 5.26. The largest absolute Gasteiger partial charge is 0.444 e. The first kappa shape index (κ1) is 26.6. The van der Waals surface area contributed by atoms with E-state index in [9.17, 15) is 14.7 Å². The molecule has 1 amide bonds. The van der Waals surface area contributed by atoms with Gasteiger partial charge in [-0.05, 0) is 50.3 Å². The molecule has 4 rings (SSSR count). The maximum atomic E-state index is 12.3. The number of aryl methyl sites for hydroxylation is 2. The van der Waals surface area contributed by atoms with E-state index in [1.165, 1.54) is 0 Å². The van der Waals surface area contributed by atoms with Gasteiger partial charge in [0.05, 0.1) is 5.39 Å². The standard InChI is InChI=1S/C26H37N7O4/c1-26(2,3)37-25(36)28-10-11-32-12-14-33(15-13-32)23(35)18-7-4-17(5-8-18)6-9-19-16-29-21-20(19)22(34)31-24(27)30-21/h4-5,7-8,16,23,35H,6,9-15H2,1-3H3,(H,28,36)(H4,27,29,30,31,34). The van der Waals surface area contributed by atoms with Crippen molar-refractivity contribution in [3.63, 3.8) is 0 Å². The lowest BCUT2D eigenvalue weighted by Crippen LogP contribution is -2.49. The molecular weight excluding hydrogens is 474 g/mol. The fourth-order valence-corrected chi connectivity index (χ4v) is 4.53. The number of nitrogens with zero attached hydrogens (tertiary/aromatic N) is 3. The van der Waals surface area contributed by atoms with Gasteiger partial charge in [-0.3, -0.25) is 19.6 Å². The second-order valence-electron chi connectivity index (χ2n) is 10.4. The lowest BCUT2D eigenvalue weighted by molar-refractivity contribution is -0.0270. The van der Waals surface area contributed by atoms with Crippen molar-refractivity contribution in [2.75, 3.05) is 45.0 Å². The topological polar surface area (TPSA) is 153 Å². The summed E-state index contributed by atoms with van der Waals surface area (Å²) in [5, 5.41) is 14.2. The van der Waals surface area contributed by atoms with E-state index in [2.05, 4.69) is 30.1 Å². The number of hydrogen-bond acceptors (Lipinski definition) is 8. The molecule has 1 aliphatic heterocycles. The predicted octanol–water partition coefficient (Wildman–Crippen LogP) is 1.75. The van der Waals surface area contributed by atoms with E-state index >= 15 is 0 Å². The highest BCUT2D eigenvalue weighted by molar-refractivity contribution is 5.79. The molecule has 0 radical (unpaired) electrons. The predicted molar refractivity (Wildman–Crippen MR) is 142 cm³/mol. The Hall–Kier alpha value is -3.41. The van der Waals surface area contributed by atoms with Crippen LogP contribution in [0, 0.1) is 0 Å². The molecular formula is C26H37N7O4. The van der Waals surface area contributed by atoms with Gasteiger partial charge in [0.15, 0.2) is 0 Å². The fourth-order valence-electron chi connectivity index (χ4n) is 4.53. The Morgan fingerprint density at radius 1 is 1.19 bits per heavy atom.